The smallest absolute Gasteiger partial charge is 0.409 e. The summed E-state index contributed by atoms with van der Waals surface area (Å²) in [6, 6.07) is 2.25. The van der Waals surface area contributed by atoms with Gasteiger partial charge in [0.25, 0.3) is 0 Å². The number of piperidine rings is 1. The fourth-order valence-electron chi connectivity index (χ4n) is 3.07. The van der Waals surface area contributed by atoms with Gasteiger partial charge in [-0.2, -0.15) is 5.26 Å². The van der Waals surface area contributed by atoms with E-state index in [0.29, 0.717) is 12.5 Å². The Balaban J connectivity index is 2.14. The number of nitrogens with zero attached hydrogens (tertiary/aromatic N) is 2. The van der Waals surface area contributed by atoms with E-state index < -0.39 is 0 Å². The third kappa shape index (κ3) is 2.14. The molecule has 0 radical (unpaired) electrons. The Hall–Kier alpha value is -1.50. The van der Waals surface area contributed by atoms with Crippen molar-refractivity contribution in [3.63, 3.8) is 0 Å². The third-order valence-corrected chi connectivity index (χ3v) is 4.10. The third-order valence-electron chi connectivity index (χ3n) is 4.10. The molecule has 0 unspecified atom stereocenters. The maximum atomic E-state index is 11.6. The maximum absolute atomic E-state index is 11.6. The minimum atomic E-state index is -0.252. The fourth-order valence-corrected chi connectivity index (χ4v) is 3.07. The summed E-state index contributed by atoms with van der Waals surface area (Å²) < 4.78 is 4.77. The molecule has 0 N–H and O–H groups in total. The minimum absolute atomic E-state index is 0.0340. The molecule has 0 aromatic carbocycles. The number of carbonyl (C=O) groups excluding carboxylic acids is 1. The lowest BCUT2D eigenvalue weighted by atomic mass is 9.64. The molecule has 0 saturated carbocycles. The zero-order valence-electron chi connectivity index (χ0n) is 10.4. The number of likely N-dealkylation sites (tertiary alicyclic amines) is 1. The average molecular weight is 234 g/mol. The van der Waals surface area contributed by atoms with Crippen molar-refractivity contribution in [3.8, 4) is 6.07 Å². The summed E-state index contributed by atoms with van der Waals surface area (Å²) >= 11 is 0. The number of carbonyl (C=O) groups is 1. The second-order valence-electron chi connectivity index (χ2n) is 5.28. The predicted molar refractivity (Wildman–Crippen MR) is 63.1 cm³/mol. The van der Waals surface area contributed by atoms with Crippen LogP contribution in [0.25, 0.3) is 0 Å². The van der Waals surface area contributed by atoms with Crippen LogP contribution < -0.4 is 0 Å². The van der Waals surface area contributed by atoms with E-state index in [9.17, 15) is 4.79 Å². The van der Waals surface area contributed by atoms with Crippen molar-refractivity contribution in [3.05, 3.63) is 11.6 Å². The Bertz CT molecular complexity index is 397. The van der Waals surface area contributed by atoms with E-state index in [0.717, 1.165) is 31.4 Å². The first-order valence-corrected chi connectivity index (χ1v) is 6.01. The van der Waals surface area contributed by atoms with E-state index in [1.165, 1.54) is 7.11 Å². The van der Waals surface area contributed by atoms with Crippen molar-refractivity contribution in [2.24, 2.45) is 11.3 Å². The summed E-state index contributed by atoms with van der Waals surface area (Å²) in [7, 11) is 1.41. The van der Waals surface area contributed by atoms with Crippen LogP contribution in [0, 0.1) is 22.7 Å². The fraction of sp³-hybridized carbons (Fsp3) is 0.692. The number of rotatable bonds is 0. The van der Waals surface area contributed by atoms with Crippen LogP contribution in [0.15, 0.2) is 11.6 Å². The van der Waals surface area contributed by atoms with E-state index in [4.69, 9.17) is 10.00 Å². The van der Waals surface area contributed by atoms with Crippen LogP contribution in [-0.4, -0.2) is 31.2 Å². The van der Waals surface area contributed by atoms with Crippen molar-refractivity contribution >= 4 is 6.09 Å². The predicted octanol–water partition coefficient (Wildman–Crippen LogP) is 2.32. The van der Waals surface area contributed by atoms with E-state index in [-0.39, 0.29) is 11.5 Å². The molecule has 92 valence electrons. The molecule has 1 amide bonds. The molecule has 2 atom stereocenters. The molecular weight excluding hydrogens is 216 g/mol. The second-order valence-corrected chi connectivity index (χ2v) is 5.28. The van der Waals surface area contributed by atoms with Gasteiger partial charge in [0.05, 0.1) is 13.2 Å². The first-order chi connectivity index (χ1) is 8.09. The van der Waals surface area contributed by atoms with Crippen LogP contribution in [0.3, 0.4) is 0 Å². The van der Waals surface area contributed by atoms with Gasteiger partial charge < -0.3 is 9.64 Å². The average Bonchev–Trinajstić information content (AvgIpc) is 2.35. The zero-order chi connectivity index (χ0) is 12.5. The van der Waals surface area contributed by atoms with Gasteiger partial charge in [-0.05, 0) is 30.6 Å². The number of amides is 1. The lowest BCUT2D eigenvalue weighted by Crippen LogP contribution is -2.50. The quantitative estimate of drug-likeness (QED) is 0.646. The van der Waals surface area contributed by atoms with Crippen molar-refractivity contribution in [1.29, 1.82) is 5.26 Å². The van der Waals surface area contributed by atoms with Gasteiger partial charge in [0, 0.05) is 18.7 Å². The van der Waals surface area contributed by atoms with Gasteiger partial charge in [0.15, 0.2) is 0 Å². The second kappa shape index (κ2) is 4.40. The van der Waals surface area contributed by atoms with Gasteiger partial charge in [-0.15, -0.1) is 0 Å². The van der Waals surface area contributed by atoms with Gasteiger partial charge in [-0.1, -0.05) is 13.0 Å². The Labute approximate surface area is 102 Å². The highest BCUT2D eigenvalue weighted by molar-refractivity contribution is 5.67. The molecular formula is C13H18N2O2. The van der Waals surface area contributed by atoms with Gasteiger partial charge in [-0.25, -0.2) is 4.79 Å². The molecule has 0 aromatic rings. The topological polar surface area (TPSA) is 53.3 Å². The number of methoxy groups -OCH3 is 1. The summed E-state index contributed by atoms with van der Waals surface area (Å²) in [6.07, 6.45) is 4.55. The van der Waals surface area contributed by atoms with Gasteiger partial charge in [0.2, 0.25) is 0 Å². The van der Waals surface area contributed by atoms with Crippen molar-refractivity contribution in [2.45, 2.75) is 26.2 Å². The molecule has 4 nitrogen and oxygen atoms in total. The van der Waals surface area contributed by atoms with E-state index in [1.807, 2.05) is 0 Å². The number of fused-ring (bicyclic) bond motifs is 1. The zero-order valence-corrected chi connectivity index (χ0v) is 10.4. The lowest BCUT2D eigenvalue weighted by Gasteiger charge is -2.47. The molecule has 1 aliphatic carbocycles. The van der Waals surface area contributed by atoms with Crippen LogP contribution in [-0.2, 0) is 4.74 Å². The Morgan fingerprint density at radius 1 is 1.71 bits per heavy atom. The standard InChI is InChI=1S/C13H18N2O2/c1-13-7-10(8-14)3-4-11(13)5-6-15(9-13)12(16)17-2/h3,11H,4-7,9H2,1-2H3/t11-,13+/m1/s1. The van der Waals surface area contributed by atoms with E-state index in [1.54, 1.807) is 4.90 Å². The van der Waals surface area contributed by atoms with Crippen molar-refractivity contribution < 1.29 is 9.53 Å². The summed E-state index contributed by atoms with van der Waals surface area (Å²) in [5.74, 6) is 0.584. The van der Waals surface area contributed by atoms with Crippen LogP contribution in [0.5, 0.6) is 0 Å². The molecule has 0 spiro atoms. The number of nitriles is 1. The highest BCUT2D eigenvalue weighted by Gasteiger charge is 2.43. The molecule has 1 heterocycles. The van der Waals surface area contributed by atoms with Crippen LogP contribution in [0.2, 0.25) is 0 Å². The highest BCUT2D eigenvalue weighted by Crippen LogP contribution is 2.45. The van der Waals surface area contributed by atoms with Gasteiger partial charge in [-0.3, -0.25) is 0 Å². The lowest BCUT2D eigenvalue weighted by molar-refractivity contribution is 0.0325. The Morgan fingerprint density at radius 2 is 2.47 bits per heavy atom. The molecule has 1 aliphatic heterocycles. The molecule has 1 fully saturated rings. The normalized spacial score (nSPS) is 32.2. The summed E-state index contributed by atoms with van der Waals surface area (Å²) in [5, 5.41) is 8.99. The van der Waals surface area contributed by atoms with Crippen LogP contribution in [0.4, 0.5) is 4.79 Å². The summed E-state index contributed by atoms with van der Waals surface area (Å²) in [4.78, 5) is 13.3. The van der Waals surface area contributed by atoms with Gasteiger partial charge in [0.1, 0.15) is 0 Å². The van der Waals surface area contributed by atoms with Gasteiger partial charge >= 0.3 is 6.09 Å². The Kier molecular flexibility index (Phi) is 3.10. The maximum Gasteiger partial charge on any atom is 0.409 e. The van der Waals surface area contributed by atoms with Crippen molar-refractivity contribution in [2.75, 3.05) is 20.2 Å². The number of hydrogen-bond acceptors (Lipinski definition) is 3. The molecule has 1 saturated heterocycles. The molecule has 0 bridgehead atoms. The first kappa shape index (κ1) is 12.0. The van der Waals surface area contributed by atoms with E-state index in [2.05, 4.69) is 19.1 Å². The van der Waals surface area contributed by atoms with E-state index >= 15 is 0 Å². The number of ether oxygens (including phenoxy) is 1. The van der Waals surface area contributed by atoms with Crippen LogP contribution >= 0.6 is 0 Å². The molecule has 0 aromatic heterocycles. The molecule has 17 heavy (non-hydrogen) atoms. The summed E-state index contributed by atoms with van der Waals surface area (Å²) in [5.41, 5.74) is 0.891. The first-order valence-electron chi connectivity index (χ1n) is 6.01. The number of allylic oxidation sites excluding steroid dienone is 2. The molecule has 2 rings (SSSR count). The van der Waals surface area contributed by atoms with Crippen molar-refractivity contribution in [1.82, 2.24) is 4.90 Å². The number of hydrogen-bond donors (Lipinski definition) is 0. The molecule has 4 heteroatoms. The Morgan fingerprint density at radius 3 is 3.12 bits per heavy atom. The van der Waals surface area contributed by atoms with Crippen LogP contribution in [0.1, 0.15) is 26.2 Å². The summed E-state index contributed by atoms with van der Waals surface area (Å²) in [6.45, 7) is 3.64. The SMILES string of the molecule is COC(=O)N1CC[C@H]2CC=C(C#N)C[C@@]2(C)C1. The highest BCUT2D eigenvalue weighted by atomic mass is 16.5. The monoisotopic (exact) mass is 234 g/mol. The molecule has 2 aliphatic rings. The minimum Gasteiger partial charge on any atom is -0.453 e. The largest absolute Gasteiger partial charge is 0.453 e.